The monoisotopic (exact) mass is 306 g/mol. The van der Waals surface area contributed by atoms with Crippen molar-refractivity contribution < 1.29 is 9.84 Å². The Balaban J connectivity index is 1.66. The fraction of sp³-hybridized carbons (Fsp3) is 0.0526. The third kappa shape index (κ3) is 3.95. The minimum absolute atomic E-state index is 0.243. The first kappa shape index (κ1) is 14.8. The highest BCUT2D eigenvalue weighted by Gasteiger charge is 1.99. The Morgan fingerprint density at radius 1 is 0.696 bits per heavy atom. The van der Waals surface area contributed by atoms with Crippen LogP contribution in [0.25, 0.3) is 0 Å². The van der Waals surface area contributed by atoms with E-state index >= 15 is 0 Å². The number of hydrogen-bond donors (Lipinski definition) is 3. The lowest BCUT2D eigenvalue weighted by atomic mass is 10.2. The minimum Gasteiger partial charge on any atom is -0.508 e. The van der Waals surface area contributed by atoms with Crippen molar-refractivity contribution in [1.82, 2.24) is 0 Å². The van der Waals surface area contributed by atoms with E-state index in [1.807, 2.05) is 54.6 Å². The molecule has 0 unspecified atom stereocenters. The molecule has 0 saturated carbocycles. The third-order valence-electron chi connectivity index (χ3n) is 3.40. The number of methoxy groups -OCH3 is 1. The molecule has 0 radical (unpaired) electrons. The summed E-state index contributed by atoms with van der Waals surface area (Å²) >= 11 is 0. The Morgan fingerprint density at radius 3 is 1.74 bits per heavy atom. The molecule has 0 saturated heterocycles. The zero-order valence-electron chi connectivity index (χ0n) is 12.8. The second-order valence-electron chi connectivity index (χ2n) is 5.11. The molecule has 23 heavy (non-hydrogen) atoms. The van der Waals surface area contributed by atoms with E-state index in [0.717, 1.165) is 28.5 Å². The van der Waals surface area contributed by atoms with Crippen molar-refractivity contribution in [3.05, 3.63) is 72.8 Å². The highest BCUT2D eigenvalue weighted by atomic mass is 16.5. The van der Waals surface area contributed by atoms with Gasteiger partial charge in [-0.3, -0.25) is 0 Å². The van der Waals surface area contributed by atoms with Crippen LogP contribution in [0.1, 0.15) is 0 Å². The van der Waals surface area contributed by atoms with Crippen LogP contribution < -0.4 is 15.4 Å². The van der Waals surface area contributed by atoms with Crippen LogP contribution in [0.5, 0.6) is 11.5 Å². The van der Waals surface area contributed by atoms with Gasteiger partial charge in [0.25, 0.3) is 0 Å². The zero-order valence-corrected chi connectivity index (χ0v) is 12.8. The largest absolute Gasteiger partial charge is 0.508 e. The van der Waals surface area contributed by atoms with Gasteiger partial charge in [0, 0.05) is 28.8 Å². The average Bonchev–Trinajstić information content (AvgIpc) is 2.57. The topological polar surface area (TPSA) is 53.5 Å². The summed E-state index contributed by atoms with van der Waals surface area (Å²) in [5.41, 5.74) is 3.80. The molecule has 116 valence electrons. The maximum Gasteiger partial charge on any atom is 0.119 e. The highest BCUT2D eigenvalue weighted by molar-refractivity contribution is 5.66. The van der Waals surface area contributed by atoms with Crippen molar-refractivity contribution in [1.29, 1.82) is 0 Å². The van der Waals surface area contributed by atoms with Gasteiger partial charge >= 0.3 is 0 Å². The second kappa shape index (κ2) is 6.75. The van der Waals surface area contributed by atoms with Crippen molar-refractivity contribution >= 4 is 22.7 Å². The van der Waals surface area contributed by atoms with Crippen LogP contribution in [0.2, 0.25) is 0 Å². The second-order valence-corrected chi connectivity index (χ2v) is 5.11. The number of rotatable bonds is 5. The summed E-state index contributed by atoms with van der Waals surface area (Å²) in [7, 11) is 1.65. The SMILES string of the molecule is COc1ccc(Nc2ccc(Nc3cccc(O)c3)cc2)cc1. The average molecular weight is 306 g/mol. The number of hydrogen-bond acceptors (Lipinski definition) is 4. The van der Waals surface area contributed by atoms with Crippen LogP contribution in [0, 0.1) is 0 Å². The Bertz CT molecular complexity index is 768. The number of phenolic OH excluding ortho intramolecular Hbond substituents is 1. The van der Waals surface area contributed by atoms with Gasteiger partial charge in [0.2, 0.25) is 0 Å². The van der Waals surface area contributed by atoms with E-state index in [1.54, 1.807) is 25.3 Å². The summed E-state index contributed by atoms with van der Waals surface area (Å²) in [5, 5.41) is 16.1. The number of phenols is 1. The number of anilines is 4. The van der Waals surface area contributed by atoms with E-state index in [0.29, 0.717) is 0 Å². The summed E-state index contributed by atoms with van der Waals surface area (Å²) in [6.07, 6.45) is 0. The van der Waals surface area contributed by atoms with Crippen LogP contribution in [-0.2, 0) is 0 Å². The predicted octanol–water partition coefficient (Wildman–Crippen LogP) is 4.89. The van der Waals surface area contributed by atoms with E-state index in [-0.39, 0.29) is 5.75 Å². The summed E-state index contributed by atoms with van der Waals surface area (Å²) in [6, 6.07) is 22.8. The smallest absolute Gasteiger partial charge is 0.119 e. The quantitative estimate of drug-likeness (QED) is 0.628. The van der Waals surface area contributed by atoms with Crippen LogP contribution in [0.3, 0.4) is 0 Å². The van der Waals surface area contributed by atoms with Gasteiger partial charge in [-0.2, -0.15) is 0 Å². The fourth-order valence-electron chi connectivity index (χ4n) is 2.23. The number of nitrogens with one attached hydrogen (secondary N) is 2. The standard InChI is InChI=1S/C19H18N2O2/c1-23-19-11-9-16(10-12-19)20-14-5-7-15(8-6-14)21-17-3-2-4-18(22)13-17/h2-13,20-22H,1H3. The maximum absolute atomic E-state index is 9.48. The van der Waals surface area contributed by atoms with E-state index in [1.165, 1.54) is 0 Å². The number of benzene rings is 3. The van der Waals surface area contributed by atoms with Crippen molar-refractivity contribution in [3.63, 3.8) is 0 Å². The molecule has 4 heteroatoms. The molecule has 0 aliphatic heterocycles. The molecule has 3 rings (SSSR count). The summed E-state index contributed by atoms with van der Waals surface area (Å²) in [6.45, 7) is 0. The molecule has 0 bridgehead atoms. The van der Waals surface area contributed by atoms with Gasteiger partial charge in [-0.05, 0) is 60.7 Å². The molecule has 0 aliphatic carbocycles. The van der Waals surface area contributed by atoms with E-state index in [9.17, 15) is 5.11 Å². The van der Waals surface area contributed by atoms with E-state index in [4.69, 9.17) is 4.74 Å². The van der Waals surface area contributed by atoms with Gasteiger partial charge in [0.15, 0.2) is 0 Å². The molecule has 3 aromatic carbocycles. The number of aromatic hydroxyl groups is 1. The van der Waals surface area contributed by atoms with Crippen LogP contribution >= 0.6 is 0 Å². The maximum atomic E-state index is 9.48. The van der Waals surface area contributed by atoms with Crippen molar-refractivity contribution in [2.24, 2.45) is 0 Å². The van der Waals surface area contributed by atoms with Gasteiger partial charge in [-0.15, -0.1) is 0 Å². The number of ether oxygens (including phenoxy) is 1. The molecule has 0 amide bonds. The Kier molecular flexibility index (Phi) is 4.34. The lowest BCUT2D eigenvalue weighted by Crippen LogP contribution is -1.92. The van der Waals surface area contributed by atoms with Crippen LogP contribution in [-0.4, -0.2) is 12.2 Å². The first-order valence-electron chi connectivity index (χ1n) is 7.30. The molecular formula is C19H18N2O2. The van der Waals surface area contributed by atoms with Gasteiger partial charge in [0.05, 0.1) is 7.11 Å². The Morgan fingerprint density at radius 2 is 1.22 bits per heavy atom. The molecule has 0 atom stereocenters. The molecule has 0 aromatic heterocycles. The molecular weight excluding hydrogens is 288 g/mol. The predicted molar refractivity (Wildman–Crippen MR) is 94.1 cm³/mol. The normalized spacial score (nSPS) is 10.1. The van der Waals surface area contributed by atoms with Crippen molar-refractivity contribution in [3.8, 4) is 11.5 Å². The van der Waals surface area contributed by atoms with Crippen molar-refractivity contribution in [2.45, 2.75) is 0 Å². The highest BCUT2D eigenvalue weighted by Crippen LogP contribution is 2.24. The van der Waals surface area contributed by atoms with Crippen molar-refractivity contribution in [2.75, 3.05) is 17.7 Å². The molecule has 3 aromatic rings. The van der Waals surface area contributed by atoms with Gasteiger partial charge in [0.1, 0.15) is 11.5 Å². The Labute approximate surface area is 135 Å². The molecule has 4 nitrogen and oxygen atoms in total. The first-order chi connectivity index (χ1) is 11.2. The van der Waals surface area contributed by atoms with Gasteiger partial charge in [-0.25, -0.2) is 0 Å². The van der Waals surface area contributed by atoms with E-state index in [2.05, 4.69) is 10.6 Å². The summed E-state index contributed by atoms with van der Waals surface area (Å²) in [5.74, 6) is 1.08. The lowest BCUT2D eigenvalue weighted by molar-refractivity contribution is 0.415. The van der Waals surface area contributed by atoms with E-state index < -0.39 is 0 Å². The first-order valence-corrected chi connectivity index (χ1v) is 7.30. The van der Waals surface area contributed by atoms with Gasteiger partial charge < -0.3 is 20.5 Å². The fourth-order valence-corrected chi connectivity index (χ4v) is 2.23. The molecule has 0 fully saturated rings. The van der Waals surface area contributed by atoms with Gasteiger partial charge in [-0.1, -0.05) is 6.07 Å². The Hall–Kier alpha value is -3.14. The molecule has 0 spiro atoms. The third-order valence-corrected chi connectivity index (χ3v) is 3.40. The van der Waals surface area contributed by atoms with Crippen LogP contribution in [0.15, 0.2) is 72.8 Å². The minimum atomic E-state index is 0.243. The summed E-state index contributed by atoms with van der Waals surface area (Å²) < 4.78 is 5.15. The lowest BCUT2D eigenvalue weighted by Gasteiger charge is -2.10. The van der Waals surface area contributed by atoms with Crippen LogP contribution in [0.4, 0.5) is 22.7 Å². The zero-order chi connectivity index (χ0) is 16.1. The molecule has 3 N–H and O–H groups in total. The summed E-state index contributed by atoms with van der Waals surface area (Å²) in [4.78, 5) is 0. The molecule has 0 heterocycles. The molecule has 0 aliphatic rings.